The number of piperidine rings is 5. The number of likely N-dealkylation sites (tertiary alicyclic amines) is 5. The summed E-state index contributed by atoms with van der Waals surface area (Å²) in [5.74, 6) is 2.23. The van der Waals surface area contributed by atoms with Crippen LogP contribution in [0, 0.1) is 19.7 Å². The Morgan fingerprint density at radius 3 is 0.911 bits per heavy atom. The SMILES string of the molecule is CCC1(N2CCC(c3cc4c(cnn4-c4cnn(C5CC5)c4)cc3Cl)CC2)COC1.CCCn1cc(-n2ncc3cc(Cl)c(C4CCN(C5(C)COC5)CC4)cc32)cn1.[C-]#[N+]c1cc2cnn(-c3cnn(C)c3)c2cc1C1CCN(C2(C)COC2)CC1.[C-]#[N+]c1cc2cnn(-c3cnn(C4CC4)c3)c2cc1C1CCN(C2(C)COC2)CC1.[C-]#[N+]c1cc2cnn(-c3cnn(C4CC4)c3)c2cc1C1CCN(C2COC2)CC1. The highest BCUT2D eigenvalue weighted by Gasteiger charge is 2.47. The van der Waals surface area contributed by atoms with Crippen LogP contribution in [0.4, 0.5) is 17.1 Å². The molecule has 0 bridgehead atoms. The highest BCUT2D eigenvalue weighted by atomic mass is 35.5. The van der Waals surface area contributed by atoms with Crippen molar-refractivity contribution in [2.24, 2.45) is 7.05 Å². The van der Waals surface area contributed by atoms with Gasteiger partial charge in [0.15, 0.2) is 17.1 Å². The second kappa shape index (κ2) is 40.0. The number of halogens is 2. The molecule has 28 rings (SSSR count). The van der Waals surface area contributed by atoms with Crippen LogP contribution >= 0.6 is 23.2 Å². The van der Waals surface area contributed by atoms with Gasteiger partial charge in [-0.2, -0.15) is 51.0 Å². The summed E-state index contributed by atoms with van der Waals surface area (Å²) in [6, 6.07) is 23.6. The van der Waals surface area contributed by atoms with Crippen LogP contribution in [0.5, 0.6) is 0 Å². The van der Waals surface area contributed by atoms with Gasteiger partial charge in [-0.05, 0) is 320 Å². The summed E-state index contributed by atoms with van der Waals surface area (Å²) < 4.78 is 47.0. The lowest BCUT2D eigenvalue weighted by atomic mass is 9.84. The Labute approximate surface area is 860 Å². The molecule has 0 unspecified atom stereocenters. The number of rotatable bonds is 21. The third-order valence-electron chi connectivity index (χ3n) is 34.1. The number of ether oxygens (including phenoxy) is 5. The van der Waals surface area contributed by atoms with E-state index in [-0.39, 0.29) is 22.2 Å². The quantitative estimate of drug-likeness (QED) is 0.0606. The minimum atomic E-state index is 0.205. The molecule has 3 saturated carbocycles. The van der Waals surface area contributed by atoms with Crippen LogP contribution in [0.25, 0.3) is 97.5 Å². The molecule has 35 heteroatoms. The average molecular weight is 2010 g/mol. The number of hydrogen-bond acceptors (Lipinski definition) is 20. The molecule has 10 aromatic heterocycles. The van der Waals surface area contributed by atoms with Crippen molar-refractivity contribution in [3.8, 4) is 28.4 Å². The number of benzene rings is 5. The maximum absolute atomic E-state index is 7.74. The van der Waals surface area contributed by atoms with Crippen molar-refractivity contribution in [1.82, 2.24) is 122 Å². The Morgan fingerprint density at radius 1 is 0.322 bits per heavy atom. The van der Waals surface area contributed by atoms with Crippen LogP contribution in [0.15, 0.2) is 154 Å². The van der Waals surface area contributed by atoms with Gasteiger partial charge in [-0.3, -0.25) is 47.9 Å². The number of aromatic nitrogens is 20. The number of fused-ring (bicyclic) bond motifs is 5. The predicted octanol–water partition coefficient (Wildman–Crippen LogP) is 19.9. The Hall–Kier alpha value is -11.9. The molecule has 0 amide bonds. The van der Waals surface area contributed by atoms with Crippen LogP contribution in [-0.2, 0) is 37.3 Å². The van der Waals surface area contributed by atoms with Crippen LogP contribution < -0.4 is 0 Å². The molecule has 10 saturated heterocycles. The van der Waals surface area contributed by atoms with Crippen molar-refractivity contribution in [1.29, 1.82) is 0 Å². The molecule has 15 aromatic rings. The van der Waals surface area contributed by atoms with Gasteiger partial charge in [0.05, 0.1) is 253 Å². The smallest absolute Gasteiger partial charge is 0.191 e. The van der Waals surface area contributed by atoms with E-state index in [0.717, 1.165) is 331 Å². The van der Waals surface area contributed by atoms with Gasteiger partial charge >= 0.3 is 0 Å². The highest BCUT2D eigenvalue weighted by molar-refractivity contribution is 6.32. The summed E-state index contributed by atoms with van der Waals surface area (Å²) >= 11 is 13.5. The molecule has 0 N–H and O–H groups in total. The number of hydrogen-bond donors (Lipinski definition) is 0. The van der Waals surface area contributed by atoms with E-state index in [1.54, 1.807) is 4.68 Å². The Kier molecular flexibility index (Phi) is 26.4. The number of aryl methyl sites for hydroxylation is 2. The summed E-state index contributed by atoms with van der Waals surface area (Å²) in [6.07, 6.45) is 49.6. The molecular formula is C111H130Cl2N28O5. The molecule has 5 aromatic carbocycles. The zero-order valence-electron chi connectivity index (χ0n) is 84.5. The lowest BCUT2D eigenvalue weighted by molar-refractivity contribution is -0.148. The fraction of sp³-hybridized carbons (Fsp3) is 0.523. The minimum Gasteiger partial charge on any atom is -0.378 e. The first kappa shape index (κ1) is 96.3. The normalized spacial score (nSPS) is 21.3. The first-order chi connectivity index (χ1) is 71.2. The topological polar surface area (TPSA) is 254 Å². The molecular weight excluding hydrogens is 1880 g/mol. The van der Waals surface area contributed by atoms with Gasteiger partial charge in [-0.25, -0.2) is 37.9 Å². The van der Waals surface area contributed by atoms with Crippen LogP contribution in [-0.4, -0.2) is 282 Å². The fourth-order valence-corrected chi connectivity index (χ4v) is 24.8. The highest BCUT2D eigenvalue weighted by Crippen LogP contribution is 2.49. The molecule has 0 spiro atoms. The second-order valence-electron chi connectivity index (χ2n) is 44.0. The van der Waals surface area contributed by atoms with Crippen LogP contribution in [0.3, 0.4) is 0 Å². The average Bonchev–Trinajstić information content (AvgIpc) is 1.60. The first-order valence-corrected chi connectivity index (χ1v) is 53.8. The lowest BCUT2D eigenvalue weighted by Gasteiger charge is -2.51. The van der Waals surface area contributed by atoms with Crippen molar-refractivity contribution < 1.29 is 23.7 Å². The van der Waals surface area contributed by atoms with E-state index >= 15 is 0 Å². The van der Waals surface area contributed by atoms with E-state index in [1.807, 2.05) is 122 Å². The molecule has 146 heavy (non-hydrogen) atoms. The van der Waals surface area contributed by atoms with Crippen LogP contribution in [0.1, 0.15) is 226 Å². The van der Waals surface area contributed by atoms with E-state index in [9.17, 15) is 0 Å². The van der Waals surface area contributed by atoms with Gasteiger partial charge < -0.3 is 23.7 Å². The fourth-order valence-electron chi connectivity index (χ4n) is 24.1. The van der Waals surface area contributed by atoms with E-state index in [0.29, 0.717) is 53.8 Å². The van der Waals surface area contributed by atoms with Gasteiger partial charge in [0, 0.05) is 50.6 Å². The molecule has 0 atom stereocenters. The van der Waals surface area contributed by atoms with Gasteiger partial charge in [0.25, 0.3) is 0 Å². The molecule has 20 heterocycles. The van der Waals surface area contributed by atoms with Crippen molar-refractivity contribution in [2.45, 2.75) is 233 Å². The second-order valence-corrected chi connectivity index (χ2v) is 44.9. The van der Waals surface area contributed by atoms with Crippen LogP contribution in [0.2, 0.25) is 10.0 Å². The molecule has 13 aliphatic rings. The number of nitrogens with zero attached hydrogens (tertiary/aromatic N) is 28. The summed E-state index contributed by atoms with van der Waals surface area (Å²) in [6.45, 7) is 54.8. The lowest BCUT2D eigenvalue weighted by Crippen LogP contribution is -2.63. The molecule has 33 nitrogen and oxygen atoms in total. The van der Waals surface area contributed by atoms with Crippen molar-refractivity contribution >= 4 is 94.8 Å². The zero-order valence-corrected chi connectivity index (χ0v) is 86.0. The van der Waals surface area contributed by atoms with E-state index in [1.165, 1.54) is 60.8 Å². The Balaban J connectivity index is 0.0000000978. The van der Waals surface area contributed by atoms with Gasteiger partial charge in [-0.15, -0.1) is 0 Å². The molecule has 13 fully saturated rings. The summed E-state index contributed by atoms with van der Waals surface area (Å²) in [4.78, 5) is 24.5. The van der Waals surface area contributed by atoms with Crippen molar-refractivity contribution in [2.75, 3.05) is 132 Å². The Bertz CT molecular complexity index is 7390. The monoisotopic (exact) mass is 2010 g/mol. The molecule has 10 aliphatic heterocycles. The van der Waals surface area contributed by atoms with E-state index in [4.69, 9.17) is 66.6 Å². The summed E-state index contributed by atoms with van der Waals surface area (Å²) in [5, 5.41) is 52.2. The van der Waals surface area contributed by atoms with Crippen molar-refractivity contribution in [3.05, 3.63) is 226 Å². The minimum absolute atomic E-state index is 0.205. The van der Waals surface area contributed by atoms with E-state index < -0.39 is 0 Å². The third-order valence-corrected chi connectivity index (χ3v) is 34.7. The molecule has 0 radical (unpaired) electrons. The molecule has 758 valence electrons. The summed E-state index contributed by atoms with van der Waals surface area (Å²) in [5.41, 5.74) is 19.6. The zero-order chi connectivity index (χ0) is 99.3. The maximum Gasteiger partial charge on any atom is 0.191 e. The van der Waals surface area contributed by atoms with Crippen molar-refractivity contribution in [3.63, 3.8) is 0 Å². The van der Waals surface area contributed by atoms with Gasteiger partial charge in [0.1, 0.15) is 28.4 Å². The Morgan fingerprint density at radius 2 is 0.623 bits per heavy atom. The standard InChI is InChI=1S/C23H28ClN5O.C23H26N6O.C22H28ClN5O.C22H24N6O.C21H24N6O/c1-2-23(14-30-15-23)27-7-5-16(6-8-27)20-10-22-17(9-21(20)24)11-26-29(22)19-12-25-28(13-19)18-3-4-18;1-23(14-30-15-23)27-7-5-16(6-8-27)20-10-22-17(9-21(20)24-2)11-26-29(22)19-12-25-28(13-19)18-3-4-18;1-3-6-27-13-18(12-24-27)28-21-10-19(20(23)9-17(21)11-25-28)16-4-7-26(8-5-16)22(2)14-29-15-22;1-23-21-8-16-10-25-28(18-11-24-27(12-18)17-2-3-17)22(16)9-20(21)15-4-6-26(7-5-15)19-13-29-14-19;1-21(13-28-14-21)26-6-4-15(5-7-26)18-9-20-16(8-19(18)22-2)10-24-27(20)17-11-23-25(3)12-17/h9-13,16,18H,2-8,14-15H2,1H3;9-13,16,18H,3-8,14-15H2,1H3;9-13,16H,3-8,14-15H2,1-2H3;8-12,15,17,19H,2-7,13-14H2;8-12,15H,4-7,13-14H2,1,3H3. The third kappa shape index (κ3) is 18.9. The first-order valence-electron chi connectivity index (χ1n) is 53.1. The molecule has 3 aliphatic carbocycles. The maximum atomic E-state index is 7.74. The van der Waals surface area contributed by atoms with E-state index in [2.05, 4.69) is 206 Å². The van der Waals surface area contributed by atoms with Gasteiger partial charge in [-0.1, -0.05) is 37.0 Å². The largest absolute Gasteiger partial charge is 0.378 e. The summed E-state index contributed by atoms with van der Waals surface area (Å²) in [7, 11) is 1.90. The van der Waals surface area contributed by atoms with Gasteiger partial charge in [0.2, 0.25) is 0 Å². The predicted molar refractivity (Wildman–Crippen MR) is 563 cm³/mol.